The van der Waals surface area contributed by atoms with E-state index in [1.54, 1.807) is 13.1 Å². The maximum Gasteiger partial charge on any atom is 0.163 e. The van der Waals surface area contributed by atoms with Crippen LogP contribution in [0.15, 0.2) is 60.7 Å². The SMILES string of the molecule is [2H]C([2H])([2H])[Si](C)(C)c1nc(-c2ccccc2)nc(-c2ccccc2)n1. The molecule has 0 N–H and O–H groups in total. The maximum absolute atomic E-state index is 7.92. The molecule has 1 aromatic heterocycles. The fourth-order valence-electron chi connectivity index (χ4n) is 2.09. The molecule has 0 amide bonds. The van der Waals surface area contributed by atoms with Crippen LogP contribution in [-0.4, -0.2) is 23.0 Å². The minimum atomic E-state index is -2.87. The lowest BCUT2D eigenvalue weighted by Crippen LogP contribution is -2.43. The lowest BCUT2D eigenvalue weighted by Gasteiger charge is -2.16. The summed E-state index contributed by atoms with van der Waals surface area (Å²) in [5.41, 5.74) is 2.09. The zero-order valence-corrected chi connectivity index (χ0v) is 13.6. The first kappa shape index (κ1) is 11.3. The van der Waals surface area contributed by atoms with E-state index in [0.29, 0.717) is 17.1 Å². The normalized spacial score (nSPS) is 14.0. The van der Waals surface area contributed by atoms with Crippen molar-refractivity contribution in [2.45, 2.75) is 19.6 Å². The Hall–Kier alpha value is -2.33. The van der Waals surface area contributed by atoms with Crippen molar-refractivity contribution >= 4 is 13.5 Å². The average molecular weight is 308 g/mol. The number of rotatable bonds is 3. The van der Waals surface area contributed by atoms with Crippen molar-refractivity contribution in [1.29, 1.82) is 0 Å². The molecular formula is C18H19N3Si. The predicted octanol–water partition coefficient (Wildman–Crippen LogP) is 3.75. The van der Waals surface area contributed by atoms with E-state index in [1.165, 1.54) is 0 Å². The third-order valence-electron chi connectivity index (χ3n) is 3.26. The van der Waals surface area contributed by atoms with E-state index in [1.807, 2.05) is 60.7 Å². The summed E-state index contributed by atoms with van der Waals surface area (Å²) in [6.45, 7) is 1.47. The van der Waals surface area contributed by atoms with Gasteiger partial charge in [-0.3, -0.25) is 0 Å². The Bertz CT molecular complexity index is 808. The van der Waals surface area contributed by atoms with Gasteiger partial charge in [-0.1, -0.05) is 80.2 Å². The van der Waals surface area contributed by atoms with Gasteiger partial charge in [0.05, 0.1) is 0 Å². The highest BCUT2D eigenvalue weighted by molar-refractivity contribution is 6.87. The van der Waals surface area contributed by atoms with E-state index in [9.17, 15) is 0 Å². The lowest BCUT2D eigenvalue weighted by atomic mass is 10.2. The molecule has 4 heteroatoms. The third-order valence-corrected chi connectivity index (χ3v) is 4.60. The largest absolute Gasteiger partial charge is 0.219 e. The van der Waals surface area contributed by atoms with E-state index in [2.05, 4.69) is 15.0 Å². The van der Waals surface area contributed by atoms with Crippen LogP contribution in [0.5, 0.6) is 0 Å². The quantitative estimate of drug-likeness (QED) is 0.692. The van der Waals surface area contributed by atoms with Gasteiger partial charge in [0.2, 0.25) is 0 Å². The molecule has 0 spiro atoms. The number of nitrogens with zero attached hydrogens (tertiary/aromatic N) is 3. The fraction of sp³-hybridized carbons (Fsp3) is 0.167. The molecule has 0 aliphatic carbocycles. The van der Waals surface area contributed by atoms with Gasteiger partial charge in [0.15, 0.2) is 11.6 Å². The van der Waals surface area contributed by atoms with E-state index in [-0.39, 0.29) is 0 Å². The highest BCUT2D eigenvalue weighted by Crippen LogP contribution is 2.18. The van der Waals surface area contributed by atoms with Crippen LogP contribution < -0.4 is 5.45 Å². The smallest absolute Gasteiger partial charge is 0.163 e. The monoisotopic (exact) mass is 308 g/mol. The summed E-state index contributed by atoms with van der Waals surface area (Å²) >= 11 is 0. The number of hydrogen-bond acceptors (Lipinski definition) is 3. The summed E-state index contributed by atoms with van der Waals surface area (Å²) in [5.74, 6) is 1.02. The molecule has 0 aliphatic heterocycles. The van der Waals surface area contributed by atoms with Gasteiger partial charge in [0.25, 0.3) is 0 Å². The first-order valence-electron chi connectivity index (χ1n) is 8.66. The van der Waals surface area contributed by atoms with Gasteiger partial charge in [-0.2, -0.15) is 0 Å². The van der Waals surface area contributed by atoms with Crippen LogP contribution in [0.25, 0.3) is 22.8 Å². The second-order valence-corrected chi connectivity index (χ2v) is 9.36. The summed E-state index contributed by atoms with van der Waals surface area (Å²) in [4.78, 5) is 13.7. The number of aromatic nitrogens is 3. The second-order valence-electron chi connectivity index (χ2n) is 5.66. The van der Waals surface area contributed by atoms with Crippen LogP contribution in [0.3, 0.4) is 0 Å². The minimum absolute atomic E-state index is 0.403. The van der Waals surface area contributed by atoms with Gasteiger partial charge < -0.3 is 0 Å². The van der Waals surface area contributed by atoms with Crippen molar-refractivity contribution in [3.05, 3.63) is 60.7 Å². The Morgan fingerprint density at radius 2 is 1.18 bits per heavy atom. The summed E-state index contributed by atoms with van der Waals surface area (Å²) in [6.07, 6.45) is 0. The van der Waals surface area contributed by atoms with Crippen molar-refractivity contribution in [3.8, 4) is 22.8 Å². The average Bonchev–Trinajstić information content (AvgIpc) is 2.62. The molecule has 0 saturated carbocycles. The summed E-state index contributed by atoms with van der Waals surface area (Å²) in [7, 11) is -2.87. The van der Waals surface area contributed by atoms with Crippen LogP contribution in [0.4, 0.5) is 0 Å². The van der Waals surface area contributed by atoms with Crippen molar-refractivity contribution in [2.75, 3.05) is 0 Å². The Balaban J connectivity index is 2.23. The van der Waals surface area contributed by atoms with Crippen LogP contribution in [0, 0.1) is 0 Å². The molecule has 2 aromatic carbocycles. The molecule has 22 heavy (non-hydrogen) atoms. The highest BCUT2D eigenvalue weighted by atomic mass is 28.3. The van der Waals surface area contributed by atoms with E-state index in [4.69, 9.17) is 4.11 Å². The maximum atomic E-state index is 7.92. The van der Waals surface area contributed by atoms with E-state index in [0.717, 1.165) is 11.1 Å². The topological polar surface area (TPSA) is 38.7 Å². The van der Waals surface area contributed by atoms with Gasteiger partial charge in [0, 0.05) is 15.2 Å². The highest BCUT2D eigenvalue weighted by Gasteiger charge is 2.23. The Kier molecular flexibility index (Phi) is 2.97. The van der Waals surface area contributed by atoms with Crippen molar-refractivity contribution in [3.63, 3.8) is 0 Å². The Labute approximate surface area is 136 Å². The molecule has 3 rings (SSSR count). The molecule has 0 fully saturated rings. The summed E-state index contributed by atoms with van der Waals surface area (Å²) in [6, 6.07) is 19.1. The third kappa shape index (κ3) is 3.12. The summed E-state index contributed by atoms with van der Waals surface area (Å²) < 4.78 is 23.8. The van der Waals surface area contributed by atoms with E-state index < -0.39 is 14.5 Å². The van der Waals surface area contributed by atoms with Crippen molar-refractivity contribution in [2.24, 2.45) is 0 Å². The fourth-order valence-corrected chi connectivity index (χ4v) is 2.86. The Morgan fingerprint density at radius 1 is 0.727 bits per heavy atom. The van der Waals surface area contributed by atoms with Gasteiger partial charge >= 0.3 is 0 Å². The van der Waals surface area contributed by atoms with Gasteiger partial charge in [-0.05, 0) is 0 Å². The molecular weight excluding hydrogens is 286 g/mol. The Morgan fingerprint density at radius 3 is 1.59 bits per heavy atom. The molecule has 0 radical (unpaired) electrons. The molecule has 3 nitrogen and oxygen atoms in total. The first-order valence-corrected chi connectivity index (χ1v) is 10.2. The molecule has 3 aromatic rings. The zero-order chi connectivity index (χ0) is 18.1. The lowest BCUT2D eigenvalue weighted by molar-refractivity contribution is 1.10. The standard InChI is InChI=1S/C18H19N3Si/c1-22(2,3)18-20-16(14-10-6-4-7-11-14)19-17(21-18)15-12-8-5-9-13-15/h4-13H,1-3H3/i1D3. The molecule has 1 heterocycles. The van der Waals surface area contributed by atoms with Gasteiger partial charge in [0.1, 0.15) is 13.5 Å². The summed E-state index contributed by atoms with van der Waals surface area (Å²) in [5, 5.41) is 0. The molecule has 0 aliphatic rings. The zero-order valence-electron chi connectivity index (χ0n) is 15.6. The molecule has 0 bridgehead atoms. The van der Waals surface area contributed by atoms with Gasteiger partial charge in [-0.25, -0.2) is 15.0 Å². The molecule has 0 atom stereocenters. The first-order chi connectivity index (χ1) is 11.8. The van der Waals surface area contributed by atoms with Crippen LogP contribution in [0.1, 0.15) is 4.11 Å². The van der Waals surface area contributed by atoms with E-state index >= 15 is 0 Å². The number of hydrogen-bond donors (Lipinski definition) is 0. The van der Waals surface area contributed by atoms with Crippen LogP contribution in [0.2, 0.25) is 19.6 Å². The van der Waals surface area contributed by atoms with Crippen molar-refractivity contribution in [1.82, 2.24) is 15.0 Å². The van der Waals surface area contributed by atoms with Crippen LogP contribution >= 0.6 is 0 Å². The minimum Gasteiger partial charge on any atom is -0.219 e. The molecule has 0 unspecified atom stereocenters. The predicted molar refractivity (Wildman–Crippen MR) is 93.7 cm³/mol. The van der Waals surface area contributed by atoms with Crippen molar-refractivity contribution < 1.29 is 4.11 Å². The second kappa shape index (κ2) is 5.81. The van der Waals surface area contributed by atoms with Crippen LogP contribution in [-0.2, 0) is 0 Å². The molecule has 0 saturated heterocycles. The molecule has 110 valence electrons. The van der Waals surface area contributed by atoms with Gasteiger partial charge in [-0.15, -0.1) is 0 Å². The number of benzene rings is 2.